The van der Waals surface area contributed by atoms with E-state index < -0.39 is 0 Å². The summed E-state index contributed by atoms with van der Waals surface area (Å²) in [7, 11) is 0. The lowest BCUT2D eigenvalue weighted by Gasteiger charge is -2.31. The van der Waals surface area contributed by atoms with E-state index in [1.807, 2.05) is 24.3 Å². The Morgan fingerprint density at radius 2 is 1.72 bits per heavy atom. The Kier molecular flexibility index (Phi) is 3.03. The van der Waals surface area contributed by atoms with Gasteiger partial charge in [-0.05, 0) is 18.1 Å². The Hall–Kier alpha value is -1.80. The zero-order valence-electron chi connectivity index (χ0n) is 10.3. The third-order valence-electron chi connectivity index (χ3n) is 3.58. The van der Waals surface area contributed by atoms with Gasteiger partial charge in [0.05, 0.1) is 6.61 Å². The molecule has 2 N–H and O–H groups in total. The second-order valence-electron chi connectivity index (χ2n) is 4.82. The van der Waals surface area contributed by atoms with E-state index in [0.29, 0.717) is 12.5 Å². The van der Waals surface area contributed by atoms with Crippen molar-refractivity contribution >= 4 is 0 Å². The number of nitrogens with two attached hydrogens (primary N) is 1. The molecule has 0 spiro atoms. The van der Waals surface area contributed by atoms with E-state index in [1.165, 1.54) is 5.56 Å². The van der Waals surface area contributed by atoms with E-state index >= 15 is 0 Å². The molecule has 0 bridgehead atoms. The molecule has 0 saturated carbocycles. The number of fused-ring (bicyclic) bond motifs is 1. The molecule has 2 nitrogen and oxygen atoms in total. The first-order chi connectivity index (χ1) is 8.84. The average Bonchev–Trinajstić information content (AvgIpc) is 2.43. The molecule has 2 atom stereocenters. The lowest BCUT2D eigenvalue weighted by Crippen LogP contribution is -2.32. The van der Waals surface area contributed by atoms with Crippen LogP contribution in [0.5, 0.6) is 5.75 Å². The molecule has 1 aliphatic rings. The largest absolute Gasteiger partial charge is 0.493 e. The Bertz CT molecular complexity index is 524. The lowest BCUT2D eigenvalue weighted by atomic mass is 9.87. The number of benzene rings is 2. The first kappa shape index (κ1) is 11.3. The van der Waals surface area contributed by atoms with Crippen LogP contribution >= 0.6 is 0 Å². The first-order valence-corrected chi connectivity index (χ1v) is 6.36. The number of hydrogen-bond acceptors (Lipinski definition) is 2. The van der Waals surface area contributed by atoms with Gasteiger partial charge in [-0.15, -0.1) is 0 Å². The molecule has 0 aromatic heterocycles. The molecule has 0 fully saturated rings. The smallest absolute Gasteiger partial charge is 0.124 e. The number of rotatable bonds is 2. The van der Waals surface area contributed by atoms with Crippen molar-refractivity contribution < 1.29 is 4.74 Å². The van der Waals surface area contributed by atoms with Gasteiger partial charge < -0.3 is 10.5 Å². The Labute approximate surface area is 107 Å². The van der Waals surface area contributed by atoms with Crippen molar-refractivity contribution in [3.63, 3.8) is 0 Å². The van der Waals surface area contributed by atoms with Crippen molar-refractivity contribution in [1.29, 1.82) is 0 Å². The average molecular weight is 239 g/mol. The van der Waals surface area contributed by atoms with Gasteiger partial charge in [0.1, 0.15) is 5.75 Å². The van der Waals surface area contributed by atoms with Crippen molar-refractivity contribution in [3.8, 4) is 5.75 Å². The van der Waals surface area contributed by atoms with Crippen LogP contribution in [0.4, 0.5) is 0 Å². The molecule has 0 radical (unpaired) electrons. The van der Waals surface area contributed by atoms with Gasteiger partial charge in [0, 0.05) is 17.5 Å². The fourth-order valence-corrected chi connectivity index (χ4v) is 2.54. The van der Waals surface area contributed by atoms with Gasteiger partial charge in [0.15, 0.2) is 0 Å². The third kappa shape index (κ3) is 2.12. The highest BCUT2D eigenvalue weighted by atomic mass is 16.5. The summed E-state index contributed by atoms with van der Waals surface area (Å²) in [5.74, 6) is 1.29. The lowest BCUT2D eigenvalue weighted by molar-refractivity contribution is 0.194. The highest BCUT2D eigenvalue weighted by molar-refractivity contribution is 5.38. The molecule has 0 amide bonds. The Balaban J connectivity index is 1.81. The Morgan fingerprint density at radius 1 is 1.00 bits per heavy atom. The summed E-state index contributed by atoms with van der Waals surface area (Å²) >= 11 is 0. The SMILES string of the molecule is N[C@@H]1c2ccccc2OC[C@H]1Cc1ccccc1. The highest BCUT2D eigenvalue weighted by Gasteiger charge is 2.27. The normalized spacial score (nSPS) is 22.1. The van der Waals surface area contributed by atoms with Gasteiger partial charge in [-0.25, -0.2) is 0 Å². The van der Waals surface area contributed by atoms with E-state index in [1.54, 1.807) is 0 Å². The van der Waals surface area contributed by atoms with Gasteiger partial charge in [0.25, 0.3) is 0 Å². The van der Waals surface area contributed by atoms with Crippen LogP contribution < -0.4 is 10.5 Å². The van der Waals surface area contributed by atoms with Crippen LogP contribution in [0.15, 0.2) is 54.6 Å². The van der Waals surface area contributed by atoms with Crippen molar-refractivity contribution in [2.75, 3.05) is 6.61 Å². The summed E-state index contributed by atoms with van der Waals surface area (Å²) in [5.41, 5.74) is 8.81. The predicted octanol–water partition coefficient (Wildman–Crippen LogP) is 2.94. The van der Waals surface area contributed by atoms with Gasteiger partial charge in [-0.3, -0.25) is 0 Å². The molecule has 1 aliphatic heterocycles. The van der Waals surface area contributed by atoms with E-state index in [9.17, 15) is 0 Å². The maximum Gasteiger partial charge on any atom is 0.124 e. The maximum atomic E-state index is 6.36. The summed E-state index contributed by atoms with van der Waals surface area (Å²) in [4.78, 5) is 0. The predicted molar refractivity (Wildman–Crippen MR) is 72.5 cm³/mol. The topological polar surface area (TPSA) is 35.2 Å². The van der Waals surface area contributed by atoms with Crippen LogP contribution in [0.2, 0.25) is 0 Å². The number of para-hydroxylation sites is 1. The van der Waals surface area contributed by atoms with Gasteiger partial charge in [-0.2, -0.15) is 0 Å². The van der Waals surface area contributed by atoms with Crippen molar-refractivity contribution in [1.82, 2.24) is 0 Å². The van der Waals surface area contributed by atoms with Gasteiger partial charge >= 0.3 is 0 Å². The minimum absolute atomic E-state index is 0.0650. The Morgan fingerprint density at radius 3 is 2.56 bits per heavy atom. The molecule has 2 aromatic carbocycles. The zero-order chi connectivity index (χ0) is 12.4. The molecule has 92 valence electrons. The number of hydrogen-bond donors (Lipinski definition) is 1. The molecular weight excluding hydrogens is 222 g/mol. The van der Waals surface area contributed by atoms with Crippen molar-refractivity contribution in [2.45, 2.75) is 12.5 Å². The zero-order valence-corrected chi connectivity index (χ0v) is 10.3. The second kappa shape index (κ2) is 4.83. The van der Waals surface area contributed by atoms with Crippen LogP contribution in [0.1, 0.15) is 17.2 Å². The standard InChI is InChI=1S/C16H17NO/c17-16-13(10-12-6-2-1-3-7-12)11-18-15-9-5-4-8-14(15)16/h1-9,13,16H,10-11,17H2/t13-,16+/m1/s1. The van der Waals surface area contributed by atoms with Gasteiger partial charge in [-0.1, -0.05) is 48.5 Å². The second-order valence-corrected chi connectivity index (χ2v) is 4.82. The number of ether oxygens (including phenoxy) is 1. The van der Waals surface area contributed by atoms with Crippen molar-refractivity contribution in [3.05, 3.63) is 65.7 Å². The molecule has 0 aliphatic carbocycles. The molecule has 2 heteroatoms. The highest BCUT2D eigenvalue weighted by Crippen LogP contribution is 2.34. The summed E-state index contributed by atoms with van der Waals surface area (Å²) < 4.78 is 5.80. The minimum atomic E-state index is 0.0650. The van der Waals surface area contributed by atoms with Crippen molar-refractivity contribution in [2.24, 2.45) is 11.7 Å². The fraction of sp³-hybridized carbons (Fsp3) is 0.250. The quantitative estimate of drug-likeness (QED) is 0.874. The van der Waals surface area contributed by atoms with Crippen LogP contribution in [0.3, 0.4) is 0 Å². The summed E-state index contributed by atoms with van der Waals surface area (Å²) in [6, 6.07) is 18.6. The maximum absolute atomic E-state index is 6.36. The summed E-state index contributed by atoms with van der Waals surface area (Å²) in [5, 5.41) is 0. The molecule has 0 unspecified atom stereocenters. The van der Waals surface area contributed by atoms with Crippen LogP contribution in [-0.4, -0.2) is 6.61 Å². The summed E-state index contributed by atoms with van der Waals surface area (Å²) in [6.07, 6.45) is 0.969. The van der Waals surface area contributed by atoms with E-state index in [2.05, 4.69) is 30.3 Å². The van der Waals surface area contributed by atoms with Crippen LogP contribution in [0.25, 0.3) is 0 Å². The third-order valence-corrected chi connectivity index (χ3v) is 3.58. The van der Waals surface area contributed by atoms with E-state index in [-0.39, 0.29) is 6.04 Å². The van der Waals surface area contributed by atoms with Crippen LogP contribution in [-0.2, 0) is 6.42 Å². The van der Waals surface area contributed by atoms with Crippen LogP contribution in [0, 0.1) is 5.92 Å². The molecule has 3 rings (SSSR count). The molecule has 18 heavy (non-hydrogen) atoms. The monoisotopic (exact) mass is 239 g/mol. The minimum Gasteiger partial charge on any atom is -0.493 e. The molecule has 0 saturated heterocycles. The van der Waals surface area contributed by atoms with E-state index in [0.717, 1.165) is 17.7 Å². The molecule has 2 aromatic rings. The summed E-state index contributed by atoms with van der Waals surface area (Å²) in [6.45, 7) is 0.701. The van der Waals surface area contributed by atoms with Gasteiger partial charge in [0.2, 0.25) is 0 Å². The fourth-order valence-electron chi connectivity index (χ4n) is 2.54. The van der Waals surface area contributed by atoms with E-state index in [4.69, 9.17) is 10.5 Å². The first-order valence-electron chi connectivity index (χ1n) is 6.36. The molecule has 1 heterocycles. The molecular formula is C16H17NO.